The zero-order chi connectivity index (χ0) is 17.9. The Bertz CT molecular complexity index is 431. The van der Waals surface area contributed by atoms with E-state index in [1.54, 1.807) is 20.8 Å². The predicted octanol–water partition coefficient (Wildman–Crippen LogP) is 3.20. The van der Waals surface area contributed by atoms with Crippen LogP contribution in [0.2, 0.25) is 0 Å². The Labute approximate surface area is 138 Å². The van der Waals surface area contributed by atoms with Crippen LogP contribution in [0.4, 0.5) is 4.79 Å². The number of hydrogen-bond acceptors (Lipinski definition) is 4. The maximum atomic E-state index is 11.9. The molecule has 0 bridgehead atoms. The molecule has 0 aliphatic heterocycles. The molecule has 6 heteroatoms. The lowest BCUT2D eigenvalue weighted by Gasteiger charge is -2.31. The van der Waals surface area contributed by atoms with Crippen molar-refractivity contribution in [2.45, 2.75) is 72.0 Å². The number of carbonyl (C=O) groups is 2. The van der Waals surface area contributed by atoms with E-state index < -0.39 is 23.1 Å². The standard InChI is InChI=1S/C17H31NO5/c1-15(2,3)22-10-9-17(13(19)20,12-7-8-12)11-18-14(21)23-16(4,5)6/h12H,7-11H2,1-6H3,(H,18,21)(H,19,20). The van der Waals surface area contributed by atoms with Crippen molar-refractivity contribution in [2.75, 3.05) is 13.2 Å². The number of nitrogens with one attached hydrogen (secondary N) is 1. The Kier molecular flexibility index (Phi) is 6.07. The molecule has 134 valence electrons. The van der Waals surface area contributed by atoms with Gasteiger partial charge in [0, 0.05) is 13.2 Å². The summed E-state index contributed by atoms with van der Waals surface area (Å²) in [5, 5.41) is 12.4. The minimum absolute atomic E-state index is 0.0649. The molecule has 1 rings (SSSR count). The number of carbonyl (C=O) groups excluding carboxylic acids is 1. The average molecular weight is 329 g/mol. The molecule has 1 aliphatic carbocycles. The van der Waals surface area contributed by atoms with Gasteiger partial charge in [-0.05, 0) is 66.7 Å². The van der Waals surface area contributed by atoms with E-state index >= 15 is 0 Å². The van der Waals surface area contributed by atoms with Crippen molar-refractivity contribution in [3.8, 4) is 0 Å². The van der Waals surface area contributed by atoms with Crippen LogP contribution in [0.3, 0.4) is 0 Å². The largest absolute Gasteiger partial charge is 0.481 e. The van der Waals surface area contributed by atoms with Crippen LogP contribution >= 0.6 is 0 Å². The lowest BCUT2D eigenvalue weighted by atomic mass is 9.79. The highest BCUT2D eigenvalue weighted by atomic mass is 16.6. The third-order valence-electron chi connectivity index (χ3n) is 3.82. The Hall–Kier alpha value is -1.30. The van der Waals surface area contributed by atoms with Crippen LogP contribution in [-0.2, 0) is 14.3 Å². The lowest BCUT2D eigenvalue weighted by molar-refractivity contribution is -0.152. The number of alkyl carbamates (subject to hydrolysis) is 1. The first-order valence-corrected chi connectivity index (χ1v) is 8.20. The van der Waals surface area contributed by atoms with Gasteiger partial charge in [0.25, 0.3) is 0 Å². The van der Waals surface area contributed by atoms with Crippen molar-refractivity contribution in [3.05, 3.63) is 0 Å². The van der Waals surface area contributed by atoms with Crippen LogP contribution in [0.25, 0.3) is 0 Å². The van der Waals surface area contributed by atoms with Gasteiger partial charge >= 0.3 is 12.1 Å². The highest BCUT2D eigenvalue weighted by molar-refractivity contribution is 5.77. The molecule has 0 saturated heterocycles. The fraction of sp³-hybridized carbons (Fsp3) is 0.882. The van der Waals surface area contributed by atoms with E-state index in [2.05, 4.69) is 5.32 Å². The lowest BCUT2D eigenvalue weighted by Crippen LogP contribution is -2.47. The molecular weight excluding hydrogens is 298 g/mol. The maximum absolute atomic E-state index is 11.9. The molecule has 1 saturated carbocycles. The van der Waals surface area contributed by atoms with Gasteiger partial charge in [-0.25, -0.2) is 4.79 Å². The van der Waals surface area contributed by atoms with E-state index in [1.807, 2.05) is 20.8 Å². The van der Waals surface area contributed by atoms with Crippen molar-refractivity contribution >= 4 is 12.1 Å². The molecule has 6 nitrogen and oxygen atoms in total. The summed E-state index contributed by atoms with van der Waals surface area (Å²) in [6.45, 7) is 11.5. The van der Waals surface area contributed by atoms with Crippen LogP contribution in [-0.4, -0.2) is 41.5 Å². The first kappa shape index (κ1) is 19.7. The second-order valence-corrected chi connectivity index (χ2v) is 8.30. The zero-order valence-electron chi connectivity index (χ0n) is 15.2. The number of ether oxygens (including phenoxy) is 2. The Morgan fingerprint density at radius 1 is 1.09 bits per heavy atom. The van der Waals surface area contributed by atoms with Crippen molar-refractivity contribution in [1.82, 2.24) is 5.32 Å². The van der Waals surface area contributed by atoms with Gasteiger partial charge in [0.1, 0.15) is 5.60 Å². The molecule has 0 spiro atoms. The molecule has 1 fully saturated rings. The molecular formula is C17H31NO5. The summed E-state index contributed by atoms with van der Waals surface area (Å²) in [4.78, 5) is 23.8. The molecule has 0 aromatic carbocycles. The van der Waals surface area contributed by atoms with E-state index in [9.17, 15) is 14.7 Å². The van der Waals surface area contributed by atoms with Crippen LogP contribution < -0.4 is 5.32 Å². The molecule has 0 aromatic rings. The molecule has 1 atom stereocenters. The minimum Gasteiger partial charge on any atom is -0.481 e. The van der Waals surface area contributed by atoms with Gasteiger partial charge < -0.3 is 19.9 Å². The molecule has 23 heavy (non-hydrogen) atoms. The van der Waals surface area contributed by atoms with Crippen LogP contribution in [0, 0.1) is 11.3 Å². The Balaban J connectivity index is 2.69. The third-order valence-corrected chi connectivity index (χ3v) is 3.82. The van der Waals surface area contributed by atoms with Gasteiger partial charge in [-0.15, -0.1) is 0 Å². The summed E-state index contributed by atoms with van der Waals surface area (Å²) in [7, 11) is 0. The number of amides is 1. The van der Waals surface area contributed by atoms with E-state index in [0.717, 1.165) is 12.8 Å². The highest BCUT2D eigenvalue weighted by Gasteiger charge is 2.51. The molecule has 1 unspecified atom stereocenters. The van der Waals surface area contributed by atoms with Crippen molar-refractivity contribution < 1.29 is 24.2 Å². The third kappa shape index (κ3) is 6.77. The van der Waals surface area contributed by atoms with E-state index in [4.69, 9.17) is 9.47 Å². The molecule has 0 aromatic heterocycles. The van der Waals surface area contributed by atoms with Crippen molar-refractivity contribution in [1.29, 1.82) is 0 Å². The fourth-order valence-corrected chi connectivity index (χ4v) is 2.51. The van der Waals surface area contributed by atoms with Gasteiger partial charge in [-0.3, -0.25) is 4.79 Å². The van der Waals surface area contributed by atoms with Crippen molar-refractivity contribution in [3.63, 3.8) is 0 Å². The summed E-state index contributed by atoms with van der Waals surface area (Å²) >= 11 is 0. The van der Waals surface area contributed by atoms with Crippen LogP contribution in [0.15, 0.2) is 0 Å². The van der Waals surface area contributed by atoms with E-state index in [0.29, 0.717) is 13.0 Å². The minimum atomic E-state index is -0.984. The Morgan fingerprint density at radius 3 is 2.04 bits per heavy atom. The summed E-state index contributed by atoms with van der Waals surface area (Å²) < 4.78 is 10.9. The molecule has 2 N–H and O–H groups in total. The second-order valence-electron chi connectivity index (χ2n) is 8.30. The van der Waals surface area contributed by atoms with E-state index in [1.165, 1.54) is 0 Å². The van der Waals surface area contributed by atoms with E-state index in [-0.39, 0.29) is 18.1 Å². The summed E-state index contributed by atoms with van der Waals surface area (Å²) in [5.41, 5.74) is -1.90. The monoisotopic (exact) mass is 329 g/mol. The fourth-order valence-electron chi connectivity index (χ4n) is 2.51. The molecule has 1 aliphatic rings. The van der Waals surface area contributed by atoms with Crippen LogP contribution in [0.5, 0.6) is 0 Å². The molecule has 1 amide bonds. The second kappa shape index (κ2) is 7.07. The SMILES string of the molecule is CC(C)(C)OCCC(CNC(=O)OC(C)(C)C)(C(=O)O)C1CC1. The maximum Gasteiger partial charge on any atom is 0.407 e. The summed E-state index contributed by atoms with van der Waals surface area (Å²) in [6, 6.07) is 0. The van der Waals surface area contributed by atoms with Gasteiger partial charge in [-0.2, -0.15) is 0 Å². The number of aliphatic carboxylic acids is 1. The van der Waals surface area contributed by atoms with Gasteiger partial charge in [0.05, 0.1) is 11.0 Å². The van der Waals surface area contributed by atoms with Crippen molar-refractivity contribution in [2.24, 2.45) is 11.3 Å². The predicted molar refractivity (Wildman–Crippen MR) is 87.4 cm³/mol. The number of carboxylic acid groups (broad SMARTS) is 1. The summed E-state index contributed by atoms with van der Waals surface area (Å²) in [5.74, 6) is -0.799. The van der Waals surface area contributed by atoms with Gasteiger partial charge in [0.15, 0.2) is 0 Å². The highest BCUT2D eigenvalue weighted by Crippen LogP contribution is 2.48. The number of carboxylic acids is 1. The first-order valence-electron chi connectivity index (χ1n) is 8.20. The van der Waals surface area contributed by atoms with Gasteiger partial charge in [0.2, 0.25) is 0 Å². The Morgan fingerprint density at radius 2 is 1.65 bits per heavy atom. The topological polar surface area (TPSA) is 84.9 Å². The number of rotatable bonds is 7. The normalized spacial score (nSPS) is 18.2. The molecule has 0 heterocycles. The number of hydrogen-bond donors (Lipinski definition) is 2. The summed E-state index contributed by atoms with van der Waals surface area (Å²) in [6.07, 6.45) is 1.54. The van der Waals surface area contributed by atoms with Crippen LogP contribution in [0.1, 0.15) is 60.8 Å². The quantitative estimate of drug-likeness (QED) is 0.749. The molecule has 0 radical (unpaired) electrons. The average Bonchev–Trinajstić information content (AvgIpc) is 3.13. The van der Waals surface area contributed by atoms with Gasteiger partial charge in [-0.1, -0.05) is 0 Å². The smallest absolute Gasteiger partial charge is 0.407 e. The first-order chi connectivity index (χ1) is 10.4. The zero-order valence-corrected chi connectivity index (χ0v) is 15.2.